The summed E-state index contributed by atoms with van der Waals surface area (Å²) in [6, 6.07) is 0. The topological polar surface area (TPSA) is 54.4 Å². The van der Waals surface area contributed by atoms with Crippen LogP contribution in [0.3, 0.4) is 0 Å². The van der Waals surface area contributed by atoms with Gasteiger partial charge in [-0.15, -0.1) is 0 Å². The Hall–Kier alpha value is 0.910. The summed E-state index contributed by atoms with van der Waals surface area (Å²) in [7, 11) is -3.74. The van der Waals surface area contributed by atoms with Gasteiger partial charge in [0.1, 0.15) is 0 Å². The molecule has 0 aliphatic rings. The van der Waals surface area contributed by atoms with Crippen LogP contribution in [0.4, 0.5) is 0 Å². The smallest absolute Gasteiger partial charge is 0.264 e. The van der Waals surface area contributed by atoms with Crippen LogP contribution in [0.1, 0.15) is 90.4 Å². The maximum Gasteiger partial charge on any atom is 0.264 e. The van der Waals surface area contributed by atoms with Gasteiger partial charge in [0.25, 0.3) is 10.1 Å². The van der Waals surface area contributed by atoms with Crippen molar-refractivity contribution in [1.82, 2.24) is 0 Å². The van der Waals surface area contributed by atoms with Gasteiger partial charge in [-0.1, -0.05) is 84.0 Å². The number of rotatable bonds is 14. The predicted octanol–water partition coefficient (Wildman–Crippen LogP) is 4.58. The van der Waals surface area contributed by atoms with Gasteiger partial charge in [0, 0.05) is 29.6 Å². The van der Waals surface area contributed by atoms with Crippen molar-refractivity contribution >= 4 is 39.7 Å². The van der Waals surface area contributed by atoms with Crippen LogP contribution in [0.25, 0.3) is 0 Å². The monoisotopic (exact) mass is 315 g/mol. The van der Waals surface area contributed by atoms with E-state index in [0.29, 0.717) is 6.42 Å². The first-order valence-corrected chi connectivity index (χ1v) is 9.62. The molecule has 0 rings (SSSR count). The van der Waals surface area contributed by atoms with Crippen LogP contribution >= 0.6 is 0 Å². The third-order valence-corrected chi connectivity index (χ3v) is 4.31. The van der Waals surface area contributed by atoms with Crippen molar-refractivity contribution in [2.75, 3.05) is 5.75 Å². The van der Waals surface area contributed by atoms with E-state index in [1.807, 2.05) is 0 Å². The fourth-order valence-electron chi connectivity index (χ4n) is 2.30. The van der Waals surface area contributed by atoms with E-state index in [0.717, 1.165) is 12.8 Å². The minimum absolute atomic E-state index is 0. The Morgan fingerprint density at radius 2 is 0.950 bits per heavy atom. The minimum Gasteiger partial charge on any atom is -0.286 e. The number of hydrogen-bond donors (Lipinski definition) is 1. The quantitative estimate of drug-likeness (QED) is 0.290. The molecule has 0 atom stereocenters. The minimum atomic E-state index is -3.74. The second-order valence-electron chi connectivity index (χ2n) is 5.53. The van der Waals surface area contributed by atoms with Crippen molar-refractivity contribution in [1.29, 1.82) is 0 Å². The van der Waals surface area contributed by atoms with Gasteiger partial charge in [-0.2, -0.15) is 8.42 Å². The summed E-state index contributed by atoms with van der Waals surface area (Å²) in [6.45, 7) is 2.25. The van der Waals surface area contributed by atoms with Gasteiger partial charge >= 0.3 is 0 Å². The average Bonchev–Trinajstić information content (AvgIpc) is 2.34. The normalized spacial score (nSPS) is 11.3. The average molecular weight is 315 g/mol. The number of unbranched alkanes of at least 4 members (excludes halogenated alkanes) is 12. The molecule has 0 fully saturated rings. The Kier molecular flexibility index (Phi) is 18.9. The first-order chi connectivity index (χ1) is 9.06. The second-order valence-corrected chi connectivity index (χ2v) is 7.10. The molecule has 0 saturated heterocycles. The molecule has 0 aromatic rings. The molecule has 0 amide bonds. The maximum atomic E-state index is 10.5. The molecular formula is C15H32NaO3S. The van der Waals surface area contributed by atoms with Crippen molar-refractivity contribution in [3.63, 3.8) is 0 Å². The Balaban J connectivity index is 0. The van der Waals surface area contributed by atoms with Gasteiger partial charge in [0.15, 0.2) is 0 Å². The summed E-state index contributed by atoms with van der Waals surface area (Å²) in [4.78, 5) is 0. The molecule has 0 spiro atoms. The maximum absolute atomic E-state index is 10.5. The summed E-state index contributed by atoms with van der Waals surface area (Å²) in [6.07, 6.45) is 15.9. The van der Waals surface area contributed by atoms with E-state index in [1.165, 1.54) is 64.2 Å². The van der Waals surface area contributed by atoms with Gasteiger partial charge in [-0.25, -0.2) is 0 Å². The molecule has 3 nitrogen and oxygen atoms in total. The fraction of sp³-hybridized carbons (Fsp3) is 1.00. The third kappa shape index (κ3) is 21.2. The summed E-state index contributed by atoms with van der Waals surface area (Å²) < 4.78 is 29.5. The Morgan fingerprint density at radius 3 is 1.25 bits per heavy atom. The van der Waals surface area contributed by atoms with Gasteiger partial charge in [-0.05, 0) is 6.42 Å². The van der Waals surface area contributed by atoms with Gasteiger partial charge < -0.3 is 0 Å². The zero-order chi connectivity index (χ0) is 14.4. The molecule has 0 aromatic carbocycles. The van der Waals surface area contributed by atoms with Gasteiger partial charge in [0.05, 0.1) is 5.75 Å². The molecule has 1 N–H and O–H groups in total. The second kappa shape index (κ2) is 16.3. The van der Waals surface area contributed by atoms with Crippen LogP contribution < -0.4 is 0 Å². The van der Waals surface area contributed by atoms with E-state index < -0.39 is 10.1 Å². The Morgan fingerprint density at radius 1 is 0.650 bits per heavy atom. The standard InChI is InChI=1S/C15H32O3S.Na/c1-2-3-4-5-6-7-8-9-10-11-12-13-14-15-19(16,17)18;/h2-15H2,1H3,(H,16,17,18);. The molecule has 1 radical (unpaired) electrons. The Bertz CT molecular complexity index is 279. The SMILES string of the molecule is CCCCCCCCCCCCCCCS(=O)(=O)O.[Na]. The van der Waals surface area contributed by atoms with Crippen LogP contribution in [0.15, 0.2) is 0 Å². The number of hydrogen-bond acceptors (Lipinski definition) is 2. The summed E-state index contributed by atoms with van der Waals surface area (Å²) in [5.74, 6) is -0.0786. The summed E-state index contributed by atoms with van der Waals surface area (Å²) in [5.41, 5.74) is 0. The van der Waals surface area contributed by atoms with Gasteiger partial charge in [-0.3, -0.25) is 4.55 Å². The van der Waals surface area contributed by atoms with Crippen molar-refractivity contribution in [2.24, 2.45) is 0 Å². The summed E-state index contributed by atoms with van der Waals surface area (Å²) in [5, 5.41) is 0. The zero-order valence-electron chi connectivity index (χ0n) is 13.6. The first-order valence-electron chi connectivity index (χ1n) is 8.01. The van der Waals surface area contributed by atoms with E-state index in [-0.39, 0.29) is 35.3 Å². The first kappa shape index (κ1) is 23.2. The summed E-state index contributed by atoms with van der Waals surface area (Å²) >= 11 is 0. The van der Waals surface area contributed by atoms with Crippen molar-refractivity contribution in [3.8, 4) is 0 Å². The fourth-order valence-corrected chi connectivity index (χ4v) is 2.87. The van der Waals surface area contributed by atoms with E-state index in [2.05, 4.69) is 6.92 Å². The van der Waals surface area contributed by atoms with Crippen LogP contribution in [-0.4, -0.2) is 48.3 Å². The van der Waals surface area contributed by atoms with Crippen LogP contribution in [0.5, 0.6) is 0 Å². The van der Waals surface area contributed by atoms with Crippen molar-refractivity contribution in [3.05, 3.63) is 0 Å². The molecular weight excluding hydrogens is 283 g/mol. The van der Waals surface area contributed by atoms with Gasteiger partial charge in [0.2, 0.25) is 0 Å². The molecule has 0 unspecified atom stereocenters. The molecule has 0 bridgehead atoms. The molecule has 20 heavy (non-hydrogen) atoms. The molecule has 0 aliphatic heterocycles. The zero-order valence-corrected chi connectivity index (χ0v) is 16.4. The molecule has 0 heterocycles. The molecule has 0 saturated carbocycles. The molecule has 117 valence electrons. The predicted molar refractivity (Wildman–Crippen MR) is 87.9 cm³/mol. The van der Waals surface area contributed by atoms with E-state index in [1.54, 1.807) is 0 Å². The molecule has 0 aliphatic carbocycles. The van der Waals surface area contributed by atoms with Crippen molar-refractivity contribution in [2.45, 2.75) is 90.4 Å². The van der Waals surface area contributed by atoms with E-state index >= 15 is 0 Å². The molecule has 0 aromatic heterocycles. The largest absolute Gasteiger partial charge is 0.286 e. The third-order valence-electron chi connectivity index (χ3n) is 3.51. The molecule has 5 heteroatoms. The van der Waals surface area contributed by atoms with Crippen molar-refractivity contribution < 1.29 is 13.0 Å². The van der Waals surface area contributed by atoms with E-state index in [9.17, 15) is 8.42 Å². The van der Waals surface area contributed by atoms with E-state index in [4.69, 9.17) is 4.55 Å². The van der Waals surface area contributed by atoms with Crippen LogP contribution in [-0.2, 0) is 10.1 Å². The van der Waals surface area contributed by atoms with Crippen LogP contribution in [0.2, 0.25) is 0 Å². The Labute approximate surface area is 148 Å². The van der Waals surface area contributed by atoms with Crippen LogP contribution in [0, 0.1) is 0 Å².